The van der Waals surface area contributed by atoms with Crippen molar-refractivity contribution in [3.05, 3.63) is 29.8 Å². The number of rotatable bonds is 3. The number of hydrogen-bond donors (Lipinski definition) is 0. The zero-order valence-electron chi connectivity index (χ0n) is 13.0. The van der Waals surface area contributed by atoms with Gasteiger partial charge in [-0.25, -0.2) is 8.42 Å². The van der Waals surface area contributed by atoms with Gasteiger partial charge in [0.2, 0.25) is 10.0 Å². The van der Waals surface area contributed by atoms with Gasteiger partial charge in [0.1, 0.15) is 6.04 Å². The van der Waals surface area contributed by atoms with Crippen molar-refractivity contribution in [3.63, 3.8) is 0 Å². The molecular weight excluding hydrogens is 300 g/mol. The third-order valence-electron chi connectivity index (χ3n) is 4.22. The first-order valence-corrected chi connectivity index (χ1v) is 8.66. The van der Waals surface area contributed by atoms with Crippen LogP contribution in [0.5, 0.6) is 0 Å². The maximum atomic E-state index is 12.8. The molecule has 1 atom stereocenters. The first kappa shape index (κ1) is 16.7. The summed E-state index contributed by atoms with van der Waals surface area (Å²) < 4.78 is 26.9. The van der Waals surface area contributed by atoms with Gasteiger partial charge in [-0.15, -0.1) is 0 Å². The Morgan fingerprint density at radius 1 is 1.32 bits per heavy atom. The summed E-state index contributed by atoms with van der Waals surface area (Å²) in [4.78, 5) is 11.4. The predicted octanol–water partition coefficient (Wildman–Crippen LogP) is 2.59. The van der Waals surface area contributed by atoms with Crippen molar-refractivity contribution in [1.29, 1.82) is 5.26 Å². The summed E-state index contributed by atoms with van der Waals surface area (Å²) >= 11 is 0. The van der Waals surface area contributed by atoms with E-state index in [0.29, 0.717) is 12.1 Å². The molecule has 1 saturated heterocycles. The topological polar surface area (TPSA) is 78.2 Å². The van der Waals surface area contributed by atoms with E-state index >= 15 is 0 Å². The second kappa shape index (κ2) is 5.82. The van der Waals surface area contributed by atoms with Gasteiger partial charge < -0.3 is 0 Å². The summed E-state index contributed by atoms with van der Waals surface area (Å²) in [5.74, 6) is -0.113. The van der Waals surface area contributed by atoms with Crippen molar-refractivity contribution in [3.8, 4) is 6.07 Å². The van der Waals surface area contributed by atoms with E-state index in [4.69, 9.17) is 0 Å². The zero-order chi connectivity index (χ0) is 16.5. The molecule has 0 spiro atoms. The zero-order valence-corrected chi connectivity index (χ0v) is 13.9. The summed E-state index contributed by atoms with van der Waals surface area (Å²) in [6, 6.07) is 7.34. The van der Waals surface area contributed by atoms with Crippen molar-refractivity contribution >= 4 is 15.8 Å². The molecule has 6 heteroatoms. The van der Waals surface area contributed by atoms with Crippen molar-refractivity contribution in [2.45, 2.75) is 44.6 Å². The molecule has 5 nitrogen and oxygen atoms in total. The van der Waals surface area contributed by atoms with Gasteiger partial charge in [0.15, 0.2) is 5.78 Å². The summed E-state index contributed by atoms with van der Waals surface area (Å²) in [7, 11) is -3.74. The predicted molar refractivity (Wildman–Crippen MR) is 82.8 cm³/mol. The summed E-state index contributed by atoms with van der Waals surface area (Å²) in [5.41, 5.74) is 0.0918. The molecule has 0 amide bonds. The molecule has 1 aliphatic rings. The molecule has 118 valence electrons. The molecule has 1 aromatic rings. The van der Waals surface area contributed by atoms with Crippen molar-refractivity contribution in [1.82, 2.24) is 4.31 Å². The molecule has 0 radical (unpaired) electrons. The normalized spacial score (nSPS) is 22.0. The van der Waals surface area contributed by atoms with Gasteiger partial charge in [0.05, 0.1) is 11.0 Å². The van der Waals surface area contributed by atoms with Gasteiger partial charge in [-0.1, -0.05) is 26.0 Å². The highest BCUT2D eigenvalue weighted by Crippen LogP contribution is 2.37. The molecule has 0 bridgehead atoms. The van der Waals surface area contributed by atoms with Crippen LogP contribution in [-0.2, 0) is 10.0 Å². The van der Waals surface area contributed by atoms with E-state index < -0.39 is 16.1 Å². The van der Waals surface area contributed by atoms with E-state index in [0.717, 1.165) is 12.8 Å². The largest absolute Gasteiger partial charge is 0.295 e. The van der Waals surface area contributed by atoms with E-state index in [1.165, 1.54) is 35.5 Å². The Labute approximate surface area is 131 Å². The fourth-order valence-electron chi connectivity index (χ4n) is 2.84. The molecular formula is C16H20N2O3S. The fraction of sp³-hybridized carbons (Fsp3) is 0.500. The van der Waals surface area contributed by atoms with E-state index in [9.17, 15) is 18.5 Å². The van der Waals surface area contributed by atoms with Crippen molar-refractivity contribution in [2.75, 3.05) is 6.54 Å². The number of hydrogen-bond acceptors (Lipinski definition) is 4. The van der Waals surface area contributed by atoms with Crippen LogP contribution in [-0.4, -0.2) is 31.1 Å². The average molecular weight is 320 g/mol. The van der Waals surface area contributed by atoms with Gasteiger partial charge in [0, 0.05) is 12.1 Å². The van der Waals surface area contributed by atoms with Crippen LogP contribution in [0.1, 0.15) is 44.0 Å². The van der Waals surface area contributed by atoms with Crippen LogP contribution in [0.2, 0.25) is 0 Å². The number of ketones is 1. The maximum absolute atomic E-state index is 12.8. The van der Waals surface area contributed by atoms with Gasteiger partial charge >= 0.3 is 0 Å². The Morgan fingerprint density at radius 3 is 2.41 bits per heavy atom. The Kier molecular flexibility index (Phi) is 4.41. The standard InChI is InChI=1S/C16H20N2O3S/c1-12(19)13-5-7-14(8-6-13)22(20,21)18-10-4-9-16(2,3)15(18)11-17/h5-8,15H,4,9-10H2,1-3H3. The molecule has 1 fully saturated rings. The van der Waals surface area contributed by atoms with Crippen molar-refractivity contribution < 1.29 is 13.2 Å². The van der Waals surface area contributed by atoms with E-state index in [-0.39, 0.29) is 16.1 Å². The summed E-state index contributed by atoms with van der Waals surface area (Å²) in [6.45, 7) is 5.61. The molecule has 0 N–H and O–H groups in total. The Morgan fingerprint density at radius 2 is 1.91 bits per heavy atom. The molecule has 0 saturated carbocycles. The van der Waals surface area contributed by atoms with Crippen LogP contribution < -0.4 is 0 Å². The second-order valence-corrected chi connectivity index (χ2v) is 8.21. The SMILES string of the molecule is CC(=O)c1ccc(S(=O)(=O)N2CCCC(C)(C)C2C#N)cc1. The number of carbonyl (C=O) groups excluding carboxylic acids is 1. The van der Waals surface area contributed by atoms with E-state index in [1.54, 1.807) is 0 Å². The number of sulfonamides is 1. The third-order valence-corrected chi connectivity index (χ3v) is 6.10. The molecule has 1 unspecified atom stereocenters. The van der Waals surface area contributed by atoms with Crippen LogP contribution in [0, 0.1) is 16.7 Å². The highest BCUT2D eigenvalue weighted by atomic mass is 32.2. The molecule has 2 rings (SSSR count). The molecule has 22 heavy (non-hydrogen) atoms. The van der Waals surface area contributed by atoms with Crippen LogP contribution >= 0.6 is 0 Å². The molecule has 1 heterocycles. The fourth-order valence-corrected chi connectivity index (χ4v) is 4.57. The maximum Gasteiger partial charge on any atom is 0.244 e. The number of nitrogens with zero attached hydrogens (tertiary/aromatic N) is 2. The quantitative estimate of drug-likeness (QED) is 0.802. The highest BCUT2D eigenvalue weighted by Gasteiger charge is 2.43. The summed E-state index contributed by atoms with van der Waals surface area (Å²) in [5, 5.41) is 9.42. The van der Waals surface area contributed by atoms with Gasteiger partial charge in [-0.2, -0.15) is 9.57 Å². The van der Waals surface area contributed by atoms with E-state index in [2.05, 4.69) is 6.07 Å². The minimum absolute atomic E-state index is 0.113. The van der Waals surface area contributed by atoms with Crippen molar-refractivity contribution in [2.24, 2.45) is 5.41 Å². The number of nitriles is 1. The number of Topliss-reactive ketones (excluding diaryl/α,β-unsaturated/α-hetero) is 1. The Bertz CT molecular complexity index is 715. The lowest BCUT2D eigenvalue weighted by atomic mass is 9.78. The van der Waals surface area contributed by atoms with Crippen LogP contribution in [0.4, 0.5) is 0 Å². The lowest BCUT2D eigenvalue weighted by Crippen LogP contribution is -2.51. The first-order valence-electron chi connectivity index (χ1n) is 7.22. The van der Waals surface area contributed by atoms with Gasteiger partial charge in [-0.05, 0) is 37.3 Å². The lowest BCUT2D eigenvalue weighted by molar-refractivity contribution is 0.101. The lowest BCUT2D eigenvalue weighted by Gasteiger charge is -2.41. The van der Waals surface area contributed by atoms with E-state index in [1.807, 2.05) is 13.8 Å². The smallest absolute Gasteiger partial charge is 0.244 e. The minimum Gasteiger partial charge on any atom is -0.295 e. The third kappa shape index (κ3) is 2.92. The molecule has 1 aromatic carbocycles. The average Bonchev–Trinajstić information content (AvgIpc) is 2.46. The van der Waals surface area contributed by atoms with Gasteiger partial charge in [0.25, 0.3) is 0 Å². The Balaban J connectivity index is 2.41. The number of piperidine rings is 1. The van der Waals surface area contributed by atoms with Crippen LogP contribution in [0.3, 0.4) is 0 Å². The van der Waals surface area contributed by atoms with Crippen LogP contribution in [0.15, 0.2) is 29.2 Å². The molecule has 0 aromatic heterocycles. The Hall–Kier alpha value is -1.71. The minimum atomic E-state index is -3.74. The molecule has 0 aliphatic carbocycles. The molecule has 1 aliphatic heterocycles. The summed E-state index contributed by atoms with van der Waals surface area (Å²) in [6.07, 6.45) is 1.55. The first-order chi connectivity index (χ1) is 10.2. The van der Waals surface area contributed by atoms with Crippen LogP contribution in [0.25, 0.3) is 0 Å². The second-order valence-electron chi connectivity index (χ2n) is 6.32. The monoisotopic (exact) mass is 320 g/mol. The number of carbonyl (C=O) groups is 1. The number of benzene rings is 1. The van der Waals surface area contributed by atoms with Gasteiger partial charge in [-0.3, -0.25) is 4.79 Å². The highest BCUT2D eigenvalue weighted by molar-refractivity contribution is 7.89.